The number of fused-ring (bicyclic) bond motifs is 5. The number of Topliss-reactive ketones (excluding diaryl/α,β-unsaturated/α-hetero) is 2. The standard InChI is InChI=1S/C19H24O3/c1-18-10-8-15(20)17(22)14(18)4-3-11-12-5-6-16(21)19(12,2)9-7-13(11)18/h3-4,11-13,22H,5-10H2,1-2H3/t11-,12-,13+,18+,19-/m0/s1. The number of carbonyl (C=O) groups excluding carboxylic acids is 2. The third kappa shape index (κ3) is 1.57. The van der Waals surface area contributed by atoms with Crippen molar-refractivity contribution >= 4 is 11.6 Å². The van der Waals surface area contributed by atoms with E-state index in [1.807, 2.05) is 6.08 Å². The van der Waals surface area contributed by atoms with E-state index in [2.05, 4.69) is 19.9 Å². The van der Waals surface area contributed by atoms with Crippen molar-refractivity contribution in [2.24, 2.45) is 28.6 Å². The van der Waals surface area contributed by atoms with Crippen LogP contribution in [0.3, 0.4) is 0 Å². The summed E-state index contributed by atoms with van der Waals surface area (Å²) in [5.41, 5.74) is 0.595. The van der Waals surface area contributed by atoms with Crippen LogP contribution < -0.4 is 0 Å². The number of ketones is 2. The monoisotopic (exact) mass is 300 g/mol. The maximum Gasteiger partial charge on any atom is 0.197 e. The van der Waals surface area contributed by atoms with Crippen molar-refractivity contribution in [3.05, 3.63) is 23.5 Å². The number of carbonyl (C=O) groups is 2. The molecule has 0 bridgehead atoms. The first-order valence-corrected chi connectivity index (χ1v) is 8.56. The SMILES string of the molecule is C[C@]12CCC(=O)C(O)=C1C=C[C@@H]1[C@H]2CC[C@]2(C)C(=O)CC[C@@H]12. The van der Waals surface area contributed by atoms with E-state index in [1.54, 1.807) is 0 Å². The number of rotatable bonds is 0. The van der Waals surface area contributed by atoms with Crippen molar-refractivity contribution in [1.29, 1.82) is 0 Å². The van der Waals surface area contributed by atoms with Crippen molar-refractivity contribution in [2.75, 3.05) is 0 Å². The van der Waals surface area contributed by atoms with E-state index in [0.29, 0.717) is 30.0 Å². The number of hydrogen-bond donors (Lipinski definition) is 1. The minimum absolute atomic E-state index is 0.0146. The van der Waals surface area contributed by atoms with Gasteiger partial charge in [-0.15, -0.1) is 0 Å². The van der Waals surface area contributed by atoms with Gasteiger partial charge in [0, 0.05) is 29.2 Å². The minimum Gasteiger partial charge on any atom is -0.504 e. The molecule has 0 aromatic rings. The van der Waals surface area contributed by atoms with E-state index in [4.69, 9.17) is 0 Å². The second-order valence-electron chi connectivity index (χ2n) is 8.17. The summed E-state index contributed by atoms with van der Waals surface area (Å²) < 4.78 is 0. The van der Waals surface area contributed by atoms with Crippen LogP contribution in [0.2, 0.25) is 0 Å². The maximum atomic E-state index is 12.3. The molecule has 0 aromatic heterocycles. The molecule has 0 saturated heterocycles. The highest BCUT2D eigenvalue weighted by Gasteiger charge is 2.58. The van der Waals surface area contributed by atoms with Crippen LogP contribution in [-0.2, 0) is 9.59 Å². The highest BCUT2D eigenvalue weighted by atomic mass is 16.3. The van der Waals surface area contributed by atoms with E-state index < -0.39 is 0 Å². The van der Waals surface area contributed by atoms with Gasteiger partial charge in [0.1, 0.15) is 5.78 Å². The summed E-state index contributed by atoms with van der Waals surface area (Å²) >= 11 is 0. The van der Waals surface area contributed by atoms with Gasteiger partial charge in [-0.3, -0.25) is 9.59 Å². The molecule has 118 valence electrons. The van der Waals surface area contributed by atoms with Gasteiger partial charge in [0.25, 0.3) is 0 Å². The van der Waals surface area contributed by atoms with Crippen molar-refractivity contribution < 1.29 is 14.7 Å². The number of allylic oxidation sites excluding steroid dienone is 4. The summed E-state index contributed by atoms with van der Waals surface area (Å²) in [6.07, 6.45) is 9.16. The zero-order valence-corrected chi connectivity index (χ0v) is 13.4. The number of aliphatic hydroxyl groups is 1. The number of hydrogen-bond acceptors (Lipinski definition) is 3. The normalized spacial score (nSPS) is 47.3. The van der Waals surface area contributed by atoms with E-state index >= 15 is 0 Å². The van der Waals surface area contributed by atoms with Gasteiger partial charge >= 0.3 is 0 Å². The van der Waals surface area contributed by atoms with Crippen LogP contribution in [0.1, 0.15) is 52.4 Å². The third-order valence-electron chi connectivity index (χ3n) is 7.35. The van der Waals surface area contributed by atoms with Gasteiger partial charge in [0.2, 0.25) is 0 Å². The summed E-state index contributed by atoms with van der Waals surface area (Å²) in [6, 6.07) is 0. The van der Waals surface area contributed by atoms with Gasteiger partial charge in [-0.05, 0) is 43.4 Å². The van der Waals surface area contributed by atoms with Crippen LogP contribution in [0, 0.1) is 28.6 Å². The first-order valence-electron chi connectivity index (χ1n) is 8.56. The van der Waals surface area contributed by atoms with Gasteiger partial charge in [0.15, 0.2) is 11.5 Å². The molecule has 0 spiro atoms. The zero-order valence-electron chi connectivity index (χ0n) is 13.4. The topological polar surface area (TPSA) is 54.4 Å². The molecule has 0 aliphatic heterocycles. The van der Waals surface area contributed by atoms with E-state index in [-0.39, 0.29) is 22.4 Å². The second-order valence-corrected chi connectivity index (χ2v) is 8.17. The van der Waals surface area contributed by atoms with E-state index in [9.17, 15) is 14.7 Å². The second kappa shape index (κ2) is 4.33. The Morgan fingerprint density at radius 3 is 2.55 bits per heavy atom. The molecule has 0 amide bonds. The highest BCUT2D eigenvalue weighted by Crippen LogP contribution is 2.62. The zero-order chi connectivity index (χ0) is 15.7. The van der Waals surface area contributed by atoms with Crippen LogP contribution in [-0.4, -0.2) is 16.7 Å². The van der Waals surface area contributed by atoms with Gasteiger partial charge in [-0.1, -0.05) is 26.0 Å². The third-order valence-corrected chi connectivity index (χ3v) is 7.35. The fourth-order valence-electron chi connectivity index (χ4n) is 5.89. The Morgan fingerprint density at radius 1 is 1.05 bits per heavy atom. The molecule has 3 heteroatoms. The van der Waals surface area contributed by atoms with Crippen LogP contribution in [0.25, 0.3) is 0 Å². The fraction of sp³-hybridized carbons (Fsp3) is 0.684. The summed E-state index contributed by atoms with van der Waals surface area (Å²) in [5, 5.41) is 10.2. The predicted molar refractivity (Wildman–Crippen MR) is 83.2 cm³/mol. The van der Waals surface area contributed by atoms with Gasteiger partial charge in [0.05, 0.1) is 0 Å². The van der Waals surface area contributed by atoms with Gasteiger partial charge in [-0.25, -0.2) is 0 Å². The van der Waals surface area contributed by atoms with Crippen LogP contribution in [0.5, 0.6) is 0 Å². The Morgan fingerprint density at radius 2 is 1.77 bits per heavy atom. The summed E-state index contributed by atoms with van der Waals surface area (Å²) in [7, 11) is 0. The Hall–Kier alpha value is -1.38. The molecule has 0 radical (unpaired) electrons. The van der Waals surface area contributed by atoms with Crippen LogP contribution in [0.15, 0.2) is 23.5 Å². The lowest BCUT2D eigenvalue weighted by molar-refractivity contribution is -0.130. The maximum absolute atomic E-state index is 12.3. The van der Waals surface area contributed by atoms with Crippen LogP contribution in [0.4, 0.5) is 0 Å². The Bertz CT molecular complexity index is 629. The lowest BCUT2D eigenvalue weighted by atomic mass is 9.49. The molecule has 3 nitrogen and oxygen atoms in total. The molecule has 2 saturated carbocycles. The quantitative estimate of drug-likeness (QED) is 0.741. The lowest BCUT2D eigenvalue weighted by Gasteiger charge is -2.54. The molecule has 0 unspecified atom stereocenters. The molecule has 5 atom stereocenters. The fourth-order valence-corrected chi connectivity index (χ4v) is 5.89. The predicted octanol–water partition coefficient (Wildman–Crippen LogP) is 3.75. The molecule has 4 aliphatic rings. The average Bonchev–Trinajstić information content (AvgIpc) is 2.79. The molecule has 0 aromatic carbocycles. The molecule has 4 aliphatic carbocycles. The smallest absolute Gasteiger partial charge is 0.197 e. The molecular weight excluding hydrogens is 276 g/mol. The van der Waals surface area contributed by atoms with Crippen molar-refractivity contribution in [2.45, 2.75) is 52.4 Å². The summed E-state index contributed by atoms with van der Waals surface area (Å²) in [6.45, 7) is 4.37. The van der Waals surface area contributed by atoms with Gasteiger partial charge < -0.3 is 5.11 Å². The van der Waals surface area contributed by atoms with Crippen molar-refractivity contribution in [3.63, 3.8) is 0 Å². The molecule has 4 rings (SSSR count). The Labute approximate surface area is 131 Å². The van der Waals surface area contributed by atoms with E-state index in [0.717, 1.165) is 37.7 Å². The molecular formula is C19H24O3. The summed E-state index contributed by atoms with van der Waals surface area (Å²) in [5.74, 6) is 1.61. The lowest BCUT2D eigenvalue weighted by Crippen LogP contribution is -2.49. The van der Waals surface area contributed by atoms with Crippen LogP contribution >= 0.6 is 0 Å². The summed E-state index contributed by atoms with van der Waals surface area (Å²) in [4.78, 5) is 24.2. The minimum atomic E-state index is -0.143. The van der Waals surface area contributed by atoms with E-state index in [1.165, 1.54) is 0 Å². The highest BCUT2D eigenvalue weighted by molar-refractivity contribution is 5.95. The molecule has 22 heavy (non-hydrogen) atoms. The first-order chi connectivity index (χ1) is 10.4. The number of aliphatic hydroxyl groups excluding tert-OH is 1. The van der Waals surface area contributed by atoms with Crippen molar-refractivity contribution in [3.8, 4) is 0 Å². The first kappa shape index (κ1) is 14.2. The molecule has 0 heterocycles. The molecule has 1 N–H and O–H groups in total. The van der Waals surface area contributed by atoms with Crippen molar-refractivity contribution in [1.82, 2.24) is 0 Å². The Balaban J connectivity index is 1.80. The molecule has 2 fully saturated rings. The van der Waals surface area contributed by atoms with Gasteiger partial charge in [-0.2, -0.15) is 0 Å². The Kier molecular flexibility index (Phi) is 2.80. The largest absolute Gasteiger partial charge is 0.504 e. The average molecular weight is 300 g/mol.